The minimum Gasteiger partial charge on any atom is -0.549 e. The first-order valence-corrected chi connectivity index (χ1v) is 6.59. The Hall–Kier alpha value is -0.724. The Bertz CT molecular complexity index is 688. The van der Waals surface area contributed by atoms with Crippen LogP contribution in [-0.4, -0.2) is 16.3 Å². The average molecular weight is 307 g/mol. The molecular formula is C16H14KNO3. The van der Waals surface area contributed by atoms with Crippen LogP contribution in [0.15, 0.2) is 36.4 Å². The monoisotopic (exact) mass is 307 g/mol. The Labute approximate surface area is 165 Å². The molecule has 1 aliphatic rings. The van der Waals surface area contributed by atoms with Gasteiger partial charge in [-0.05, 0) is 25.5 Å². The number of carboxylic acid groups (broad SMARTS) is 1. The molecule has 21 heavy (non-hydrogen) atoms. The van der Waals surface area contributed by atoms with Crippen LogP contribution in [0.4, 0.5) is 0 Å². The first-order valence-electron chi connectivity index (χ1n) is 6.59. The van der Waals surface area contributed by atoms with Gasteiger partial charge in [0.25, 0.3) is 0 Å². The molecule has 2 heterocycles. The molecule has 1 atom stereocenters. The summed E-state index contributed by atoms with van der Waals surface area (Å²) >= 11 is 0. The molecule has 1 unspecified atom stereocenters. The summed E-state index contributed by atoms with van der Waals surface area (Å²) in [5, 5.41) is 11.0. The molecule has 0 radical (unpaired) electrons. The zero-order valence-corrected chi connectivity index (χ0v) is 15.3. The van der Waals surface area contributed by atoms with E-state index in [0.717, 1.165) is 5.56 Å². The van der Waals surface area contributed by atoms with Crippen LogP contribution in [-0.2, 0) is 11.3 Å². The van der Waals surface area contributed by atoms with Crippen LogP contribution >= 0.6 is 0 Å². The van der Waals surface area contributed by atoms with Crippen molar-refractivity contribution in [1.29, 1.82) is 0 Å². The van der Waals surface area contributed by atoms with E-state index in [0.29, 0.717) is 29.9 Å². The van der Waals surface area contributed by atoms with Gasteiger partial charge in [0.1, 0.15) is 0 Å². The van der Waals surface area contributed by atoms with Crippen LogP contribution in [0.3, 0.4) is 0 Å². The number of hydrogen-bond donors (Lipinski definition) is 0. The van der Waals surface area contributed by atoms with E-state index < -0.39 is 11.9 Å². The normalized spacial score (nSPS) is 16.1. The summed E-state index contributed by atoms with van der Waals surface area (Å²) in [6, 6.07) is 10.8. The summed E-state index contributed by atoms with van der Waals surface area (Å²) in [5.41, 5.74) is 2.93. The van der Waals surface area contributed by atoms with Crippen LogP contribution in [0, 0.1) is 6.92 Å². The van der Waals surface area contributed by atoms with Crippen LogP contribution in [0.5, 0.6) is 0 Å². The van der Waals surface area contributed by atoms with Crippen molar-refractivity contribution in [2.24, 2.45) is 0 Å². The van der Waals surface area contributed by atoms with E-state index in [-0.39, 0.29) is 57.2 Å². The Morgan fingerprint density at radius 3 is 2.43 bits per heavy atom. The molecule has 0 fully saturated rings. The van der Waals surface area contributed by atoms with Gasteiger partial charge in [-0.15, -0.1) is 0 Å². The molecule has 0 saturated heterocycles. The number of ketones is 1. The Kier molecular flexibility index (Phi) is 5.22. The molecule has 0 bridgehead atoms. The number of rotatable bonds is 3. The molecule has 1 aliphatic heterocycles. The molecule has 0 N–H and O–H groups in total. The average Bonchev–Trinajstić information content (AvgIpc) is 2.99. The topological polar surface area (TPSA) is 62.1 Å². The zero-order chi connectivity index (χ0) is 14.3. The van der Waals surface area contributed by atoms with Gasteiger partial charge in [-0.1, -0.05) is 29.8 Å². The maximum absolute atomic E-state index is 12.5. The van der Waals surface area contributed by atoms with Crippen molar-refractivity contribution in [3.63, 3.8) is 0 Å². The SMILES string of the molecule is Cc1ccc(C(=O)c2ccc3n2CCC3C(=O)[O-])cc1.[K+]. The molecule has 102 valence electrons. The van der Waals surface area contributed by atoms with Gasteiger partial charge < -0.3 is 14.5 Å². The van der Waals surface area contributed by atoms with Gasteiger partial charge in [-0.2, -0.15) is 0 Å². The van der Waals surface area contributed by atoms with Crippen molar-refractivity contribution in [3.8, 4) is 0 Å². The van der Waals surface area contributed by atoms with Crippen molar-refractivity contribution in [2.45, 2.75) is 25.8 Å². The van der Waals surface area contributed by atoms with E-state index in [9.17, 15) is 14.7 Å². The predicted octanol–water partition coefficient (Wildman–Crippen LogP) is -1.73. The molecule has 0 aliphatic carbocycles. The van der Waals surface area contributed by atoms with Gasteiger partial charge in [0.05, 0.1) is 11.7 Å². The fourth-order valence-electron chi connectivity index (χ4n) is 2.73. The van der Waals surface area contributed by atoms with Crippen molar-refractivity contribution in [2.75, 3.05) is 0 Å². The number of carbonyl (C=O) groups is 2. The fourth-order valence-corrected chi connectivity index (χ4v) is 2.73. The Balaban J connectivity index is 0.00000161. The molecule has 5 heteroatoms. The number of carboxylic acids is 1. The quantitative estimate of drug-likeness (QED) is 0.500. The third kappa shape index (κ3) is 3.07. The van der Waals surface area contributed by atoms with Gasteiger partial charge in [-0.25, -0.2) is 0 Å². The number of aryl methyl sites for hydroxylation is 1. The minimum atomic E-state index is -1.07. The van der Waals surface area contributed by atoms with E-state index in [2.05, 4.69) is 0 Å². The Morgan fingerprint density at radius 2 is 1.81 bits per heavy atom. The van der Waals surface area contributed by atoms with Gasteiger partial charge >= 0.3 is 51.4 Å². The molecule has 0 spiro atoms. The third-order valence-electron chi connectivity index (χ3n) is 3.84. The second-order valence-electron chi connectivity index (χ2n) is 5.15. The molecule has 2 aromatic rings. The molecular weight excluding hydrogens is 293 g/mol. The molecule has 1 aromatic heterocycles. The van der Waals surface area contributed by atoms with Crippen molar-refractivity contribution < 1.29 is 66.1 Å². The van der Waals surface area contributed by atoms with E-state index in [1.807, 2.05) is 19.1 Å². The third-order valence-corrected chi connectivity index (χ3v) is 3.84. The fraction of sp³-hybridized carbons (Fsp3) is 0.250. The smallest absolute Gasteiger partial charge is 0.549 e. The second-order valence-corrected chi connectivity index (χ2v) is 5.15. The van der Waals surface area contributed by atoms with Crippen LogP contribution in [0.2, 0.25) is 0 Å². The maximum atomic E-state index is 12.5. The van der Waals surface area contributed by atoms with Crippen LogP contribution in [0.25, 0.3) is 0 Å². The predicted molar refractivity (Wildman–Crippen MR) is 71.4 cm³/mol. The molecule has 3 rings (SSSR count). The summed E-state index contributed by atoms with van der Waals surface area (Å²) in [5.74, 6) is -1.75. The Morgan fingerprint density at radius 1 is 1.14 bits per heavy atom. The van der Waals surface area contributed by atoms with Crippen LogP contribution in [0.1, 0.15) is 39.6 Å². The number of carbonyl (C=O) groups excluding carboxylic acids is 2. The summed E-state index contributed by atoms with van der Waals surface area (Å²) in [6.07, 6.45) is 0.493. The van der Waals surface area contributed by atoms with Gasteiger partial charge in [0, 0.05) is 23.7 Å². The summed E-state index contributed by atoms with van der Waals surface area (Å²) in [4.78, 5) is 23.5. The molecule has 0 amide bonds. The largest absolute Gasteiger partial charge is 1.00 e. The number of hydrogen-bond acceptors (Lipinski definition) is 3. The van der Waals surface area contributed by atoms with E-state index in [4.69, 9.17) is 0 Å². The molecule has 0 saturated carbocycles. The van der Waals surface area contributed by atoms with Gasteiger partial charge in [-0.3, -0.25) is 4.79 Å². The summed E-state index contributed by atoms with van der Waals surface area (Å²) in [6.45, 7) is 2.52. The molecule has 1 aromatic carbocycles. The van der Waals surface area contributed by atoms with Crippen molar-refractivity contribution in [3.05, 3.63) is 58.9 Å². The maximum Gasteiger partial charge on any atom is 1.00 e. The van der Waals surface area contributed by atoms with E-state index in [1.165, 1.54) is 0 Å². The standard InChI is InChI=1S/C16H15NO3.K/c1-10-2-4-11(5-3-10)15(18)14-7-6-13-12(16(19)20)8-9-17(13)14;/h2-7,12H,8-9H2,1H3,(H,19,20);/q;+1/p-1. The first-order chi connectivity index (χ1) is 9.58. The van der Waals surface area contributed by atoms with Crippen LogP contribution < -0.4 is 56.5 Å². The van der Waals surface area contributed by atoms with E-state index >= 15 is 0 Å². The zero-order valence-electron chi connectivity index (χ0n) is 12.1. The molecule has 4 nitrogen and oxygen atoms in total. The minimum absolute atomic E-state index is 0. The van der Waals surface area contributed by atoms with E-state index in [1.54, 1.807) is 28.8 Å². The van der Waals surface area contributed by atoms with Crippen molar-refractivity contribution in [1.82, 2.24) is 4.57 Å². The number of fused-ring (bicyclic) bond motifs is 1. The summed E-state index contributed by atoms with van der Waals surface area (Å²) in [7, 11) is 0. The number of aromatic nitrogens is 1. The second kappa shape index (κ2) is 6.58. The number of aliphatic carboxylic acids is 1. The van der Waals surface area contributed by atoms with Gasteiger partial charge in [0.2, 0.25) is 5.78 Å². The first kappa shape index (κ1) is 16.6. The number of benzene rings is 1. The number of nitrogens with zero attached hydrogens (tertiary/aromatic N) is 1. The van der Waals surface area contributed by atoms with Gasteiger partial charge in [0.15, 0.2) is 0 Å². The van der Waals surface area contributed by atoms with Crippen molar-refractivity contribution >= 4 is 11.8 Å². The summed E-state index contributed by atoms with van der Waals surface area (Å²) < 4.78 is 1.79.